The van der Waals surface area contributed by atoms with Crippen LogP contribution in [0.25, 0.3) is 5.76 Å². The maximum Gasteiger partial charge on any atom is 0.129 e. The zero-order chi connectivity index (χ0) is 17.5. The van der Waals surface area contributed by atoms with Gasteiger partial charge in [0.2, 0.25) is 0 Å². The van der Waals surface area contributed by atoms with Gasteiger partial charge in [0.15, 0.2) is 0 Å². The molecule has 2 aromatic rings. The summed E-state index contributed by atoms with van der Waals surface area (Å²) < 4.78 is 11.5. The van der Waals surface area contributed by atoms with Crippen molar-refractivity contribution >= 4 is 17.7 Å². The predicted octanol–water partition coefficient (Wildman–Crippen LogP) is 5.59. The molecule has 0 saturated heterocycles. The Morgan fingerprint density at radius 1 is 1.17 bits per heavy atom. The number of hydrogen-bond donors (Lipinski definition) is 0. The van der Waals surface area contributed by atoms with E-state index in [2.05, 4.69) is 31.5 Å². The summed E-state index contributed by atoms with van der Waals surface area (Å²) in [5.74, 6) is 2.17. The topological polar surface area (TPSA) is 30.8 Å². The monoisotopic (exact) mass is 323 g/mol. The molecule has 0 heterocycles. The first-order valence-electron chi connectivity index (χ1n) is 8.28. The zero-order valence-electron chi connectivity index (χ0n) is 14.9. The number of methoxy groups -OCH3 is 1. The molecule has 0 atom stereocenters. The Balaban J connectivity index is 2.39. The highest BCUT2D eigenvalue weighted by molar-refractivity contribution is 5.76. The van der Waals surface area contributed by atoms with Crippen LogP contribution < -0.4 is 9.47 Å². The fourth-order valence-corrected chi connectivity index (χ4v) is 2.57. The number of aliphatic imine (C=N–C) groups is 1. The molecule has 0 aliphatic rings. The minimum Gasteiger partial charge on any atom is -0.496 e. The molecule has 0 unspecified atom stereocenters. The van der Waals surface area contributed by atoms with Crippen molar-refractivity contribution in [3.05, 3.63) is 59.7 Å². The van der Waals surface area contributed by atoms with Crippen molar-refractivity contribution in [1.29, 1.82) is 0 Å². The van der Waals surface area contributed by atoms with Gasteiger partial charge < -0.3 is 9.47 Å². The quantitative estimate of drug-likeness (QED) is 0.491. The molecule has 126 valence electrons. The van der Waals surface area contributed by atoms with E-state index in [-0.39, 0.29) is 0 Å². The molecule has 0 aliphatic heterocycles. The van der Waals surface area contributed by atoms with Crippen molar-refractivity contribution in [2.75, 3.05) is 7.11 Å². The summed E-state index contributed by atoms with van der Waals surface area (Å²) in [6.45, 7) is 10.2. The molecular formula is C21H25NO2. The van der Waals surface area contributed by atoms with E-state index < -0.39 is 0 Å². The number of nitrogens with zero attached hydrogens (tertiary/aromatic N) is 1. The first-order chi connectivity index (χ1) is 11.6. The van der Waals surface area contributed by atoms with Gasteiger partial charge in [0.05, 0.1) is 12.8 Å². The predicted molar refractivity (Wildman–Crippen MR) is 102 cm³/mol. The van der Waals surface area contributed by atoms with Gasteiger partial charge in [-0.1, -0.05) is 32.6 Å². The maximum atomic E-state index is 5.98. The fraction of sp³-hybridized carbons (Fsp3) is 0.286. The van der Waals surface area contributed by atoms with E-state index in [0.717, 1.165) is 41.2 Å². The number of rotatable bonds is 7. The number of hydrogen-bond acceptors (Lipinski definition) is 3. The highest BCUT2D eigenvalue weighted by atomic mass is 16.5. The molecule has 0 bridgehead atoms. The zero-order valence-corrected chi connectivity index (χ0v) is 14.9. The standard InChI is InChI=1S/C21H25NO2/c1-6-16-10-9-11-18(12-16)24-15(4)19-14-21(23-5)17(7-2)13-20(19)22-8-3/h8-14H,4,6-7H2,1-3,5H3. The Hall–Kier alpha value is -2.55. The molecule has 2 rings (SSSR count). The molecule has 0 aliphatic carbocycles. The van der Waals surface area contributed by atoms with Crippen molar-refractivity contribution in [2.24, 2.45) is 4.99 Å². The summed E-state index contributed by atoms with van der Waals surface area (Å²) >= 11 is 0. The van der Waals surface area contributed by atoms with Crippen molar-refractivity contribution in [3.63, 3.8) is 0 Å². The van der Waals surface area contributed by atoms with Gasteiger partial charge in [0.1, 0.15) is 17.3 Å². The van der Waals surface area contributed by atoms with E-state index in [0.29, 0.717) is 5.76 Å². The second-order valence-electron chi connectivity index (χ2n) is 5.45. The Kier molecular flexibility index (Phi) is 6.19. The van der Waals surface area contributed by atoms with Crippen LogP contribution in [0.2, 0.25) is 0 Å². The largest absolute Gasteiger partial charge is 0.496 e. The SMILES string of the molecule is C=C(Oc1cccc(CC)c1)c1cc(OC)c(CC)cc1N=CC. The molecule has 0 aromatic heterocycles. The molecule has 3 nitrogen and oxygen atoms in total. The molecule has 3 heteroatoms. The van der Waals surface area contributed by atoms with Gasteiger partial charge in [-0.15, -0.1) is 0 Å². The highest BCUT2D eigenvalue weighted by Crippen LogP contribution is 2.34. The van der Waals surface area contributed by atoms with Crippen LogP contribution in [-0.2, 0) is 12.8 Å². The normalized spacial score (nSPS) is 10.8. The summed E-state index contributed by atoms with van der Waals surface area (Å²) in [5, 5.41) is 0. The second kappa shape index (κ2) is 8.34. The van der Waals surface area contributed by atoms with E-state index in [1.54, 1.807) is 13.3 Å². The Morgan fingerprint density at radius 2 is 1.96 bits per heavy atom. The molecule has 0 amide bonds. The number of aryl methyl sites for hydroxylation is 2. The van der Waals surface area contributed by atoms with E-state index in [1.165, 1.54) is 5.56 Å². The van der Waals surface area contributed by atoms with Crippen LogP contribution in [0.3, 0.4) is 0 Å². The van der Waals surface area contributed by atoms with E-state index in [9.17, 15) is 0 Å². The van der Waals surface area contributed by atoms with Crippen LogP contribution in [0.15, 0.2) is 48.0 Å². The molecule has 0 saturated carbocycles. The smallest absolute Gasteiger partial charge is 0.129 e. The lowest BCUT2D eigenvalue weighted by Gasteiger charge is -2.15. The molecular weight excluding hydrogens is 298 g/mol. The lowest BCUT2D eigenvalue weighted by Crippen LogP contribution is -1.98. The minimum atomic E-state index is 0.560. The molecule has 24 heavy (non-hydrogen) atoms. The maximum absolute atomic E-state index is 5.98. The molecule has 2 aromatic carbocycles. The first-order valence-corrected chi connectivity index (χ1v) is 8.28. The molecule has 0 fully saturated rings. The van der Waals surface area contributed by atoms with Gasteiger partial charge in [-0.05, 0) is 55.2 Å². The molecule has 0 radical (unpaired) electrons. The van der Waals surface area contributed by atoms with Gasteiger partial charge in [-0.25, -0.2) is 0 Å². The van der Waals surface area contributed by atoms with Crippen LogP contribution in [0, 0.1) is 0 Å². The van der Waals surface area contributed by atoms with Crippen molar-refractivity contribution in [3.8, 4) is 11.5 Å². The van der Waals surface area contributed by atoms with E-state index in [4.69, 9.17) is 9.47 Å². The Morgan fingerprint density at radius 3 is 2.58 bits per heavy atom. The van der Waals surface area contributed by atoms with Crippen LogP contribution in [0.4, 0.5) is 5.69 Å². The lowest BCUT2D eigenvalue weighted by atomic mass is 10.0. The molecule has 0 N–H and O–H groups in total. The van der Waals surface area contributed by atoms with Gasteiger partial charge in [0, 0.05) is 11.8 Å². The van der Waals surface area contributed by atoms with Gasteiger partial charge in [-0.2, -0.15) is 0 Å². The van der Waals surface area contributed by atoms with Gasteiger partial charge >= 0.3 is 0 Å². The van der Waals surface area contributed by atoms with Crippen LogP contribution in [0.1, 0.15) is 37.5 Å². The van der Waals surface area contributed by atoms with Gasteiger partial charge in [0.25, 0.3) is 0 Å². The van der Waals surface area contributed by atoms with Gasteiger partial charge in [-0.3, -0.25) is 4.99 Å². The third-order valence-electron chi connectivity index (χ3n) is 3.90. The summed E-state index contributed by atoms with van der Waals surface area (Å²) in [6.07, 6.45) is 3.62. The second-order valence-corrected chi connectivity index (χ2v) is 5.45. The van der Waals surface area contributed by atoms with Crippen LogP contribution in [0.5, 0.6) is 11.5 Å². The summed E-state index contributed by atoms with van der Waals surface area (Å²) in [5.41, 5.74) is 4.02. The van der Waals surface area contributed by atoms with Crippen molar-refractivity contribution in [2.45, 2.75) is 33.6 Å². The Bertz CT molecular complexity index is 747. The average Bonchev–Trinajstić information content (AvgIpc) is 2.61. The first kappa shape index (κ1) is 17.8. The highest BCUT2D eigenvalue weighted by Gasteiger charge is 2.13. The fourth-order valence-electron chi connectivity index (χ4n) is 2.57. The van der Waals surface area contributed by atoms with Crippen LogP contribution in [-0.4, -0.2) is 13.3 Å². The average molecular weight is 323 g/mol. The van der Waals surface area contributed by atoms with E-state index >= 15 is 0 Å². The van der Waals surface area contributed by atoms with Crippen molar-refractivity contribution in [1.82, 2.24) is 0 Å². The Labute approximate surface area is 144 Å². The summed E-state index contributed by atoms with van der Waals surface area (Å²) in [6, 6.07) is 12.0. The summed E-state index contributed by atoms with van der Waals surface area (Å²) in [7, 11) is 1.68. The number of benzene rings is 2. The minimum absolute atomic E-state index is 0.560. The molecule has 0 spiro atoms. The van der Waals surface area contributed by atoms with E-state index in [1.807, 2.05) is 37.3 Å². The van der Waals surface area contributed by atoms with Crippen molar-refractivity contribution < 1.29 is 9.47 Å². The summed E-state index contributed by atoms with van der Waals surface area (Å²) in [4.78, 5) is 4.47. The lowest BCUT2D eigenvalue weighted by molar-refractivity contribution is 0.409. The third-order valence-corrected chi connectivity index (χ3v) is 3.90. The van der Waals surface area contributed by atoms with Crippen LogP contribution >= 0.6 is 0 Å². The third kappa shape index (κ3) is 4.05. The number of ether oxygens (including phenoxy) is 2.